The number of nitrogen functional groups attached to an aromatic ring is 1. The number of nitrogens with two attached hydrogens (primary N) is 1. The van der Waals surface area contributed by atoms with E-state index in [-0.39, 0.29) is 17.6 Å². The zero-order valence-electron chi connectivity index (χ0n) is 12.2. The van der Waals surface area contributed by atoms with Gasteiger partial charge in [-0.2, -0.15) is 0 Å². The molecule has 0 spiro atoms. The first-order chi connectivity index (χ1) is 10.0. The molecule has 1 aliphatic carbocycles. The van der Waals surface area contributed by atoms with Gasteiger partial charge in [0.25, 0.3) is 0 Å². The molecule has 1 atom stereocenters. The van der Waals surface area contributed by atoms with Gasteiger partial charge in [0, 0.05) is 32.4 Å². The predicted molar refractivity (Wildman–Crippen MR) is 82.6 cm³/mol. The minimum atomic E-state index is 0.0953. The van der Waals surface area contributed by atoms with Crippen LogP contribution in [0.1, 0.15) is 34.0 Å². The summed E-state index contributed by atoms with van der Waals surface area (Å²) < 4.78 is 0. The topological polar surface area (TPSA) is 72.1 Å². The summed E-state index contributed by atoms with van der Waals surface area (Å²) in [7, 11) is 4.02. The number of benzene rings is 1. The fraction of sp³-hybridized carbons (Fsp3) is 0.312. The van der Waals surface area contributed by atoms with Gasteiger partial charge in [0.1, 0.15) is 0 Å². The molecule has 0 saturated carbocycles. The second kappa shape index (κ2) is 5.16. The molecule has 0 amide bonds. The van der Waals surface area contributed by atoms with E-state index in [0.717, 1.165) is 23.4 Å². The first-order valence-electron chi connectivity index (χ1n) is 6.96. The molecule has 0 bridgehead atoms. The average molecular weight is 282 g/mol. The van der Waals surface area contributed by atoms with Crippen LogP contribution >= 0.6 is 0 Å². The number of rotatable bonds is 2. The van der Waals surface area contributed by atoms with Crippen molar-refractivity contribution >= 4 is 17.4 Å². The zero-order chi connectivity index (χ0) is 15.0. The number of carbonyl (C=O) groups excluding carboxylic acids is 1. The number of anilines is 2. The van der Waals surface area contributed by atoms with E-state index in [9.17, 15) is 4.79 Å². The Bertz CT molecular complexity index is 679. The maximum atomic E-state index is 12.2. The third-order valence-corrected chi connectivity index (χ3v) is 3.94. The zero-order valence-corrected chi connectivity index (χ0v) is 12.2. The van der Waals surface area contributed by atoms with Crippen LogP contribution in [0.3, 0.4) is 0 Å². The maximum Gasteiger partial charge on any atom is 0.220 e. The molecule has 0 saturated heterocycles. The largest absolute Gasteiger partial charge is 0.378 e. The van der Waals surface area contributed by atoms with Crippen LogP contribution in [0.2, 0.25) is 0 Å². The van der Waals surface area contributed by atoms with E-state index in [1.807, 2.05) is 14.1 Å². The smallest absolute Gasteiger partial charge is 0.220 e. The normalized spacial score (nSPS) is 17.4. The van der Waals surface area contributed by atoms with Gasteiger partial charge in [-0.15, -0.1) is 0 Å². The standard InChI is InChI=1S/C16H18N4O/c1-20(2)12-5-3-10(4-6-12)11-7-14-13(15(21)8-11)9-18-16(17)19-14/h3-6,9,11H,7-8H2,1-2H3,(H2,17,18,19). The number of Topliss-reactive ketones (excluding diaryl/α,β-unsaturated/α-hetero) is 1. The van der Waals surface area contributed by atoms with Crippen LogP contribution in [0.15, 0.2) is 30.5 Å². The molecule has 1 aromatic heterocycles. The Labute approximate surface area is 123 Å². The van der Waals surface area contributed by atoms with Crippen molar-refractivity contribution in [2.24, 2.45) is 0 Å². The molecule has 0 radical (unpaired) electrons. The Kier molecular flexibility index (Phi) is 3.33. The number of carbonyl (C=O) groups is 1. The second-order valence-electron chi connectivity index (χ2n) is 5.60. The highest BCUT2D eigenvalue weighted by atomic mass is 16.1. The van der Waals surface area contributed by atoms with Crippen LogP contribution < -0.4 is 10.6 Å². The molecular formula is C16H18N4O. The Morgan fingerprint density at radius 2 is 1.90 bits per heavy atom. The highest BCUT2D eigenvalue weighted by Crippen LogP contribution is 2.32. The van der Waals surface area contributed by atoms with Gasteiger partial charge in [-0.3, -0.25) is 4.79 Å². The number of hydrogen-bond donors (Lipinski definition) is 1. The Balaban J connectivity index is 1.89. The highest BCUT2D eigenvalue weighted by Gasteiger charge is 2.27. The molecule has 1 unspecified atom stereocenters. The molecule has 21 heavy (non-hydrogen) atoms. The van der Waals surface area contributed by atoms with Gasteiger partial charge >= 0.3 is 0 Å². The summed E-state index contributed by atoms with van der Waals surface area (Å²) in [5, 5.41) is 0. The second-order valence-corrected chi connectivity index (χ2v) is 5.60. The fourth-order valence-corrected chi connectivity index (χ4v) is 2.74. The lowest BCUT2D eigenvalue weighted by Gasteiger charge is -2.23. The summed E-state index contributed by atoms with van der Waals surface area (Å²) in [6, 6.07) is 8.32. The van der Waals surface area contributed by atoms with Gasteiger partial charge < -0.3 is 10.6 Å². The van der Waals surface area contributed by atoms with Crippen LogP contribution in [0.25, 0.3) is 0 Å². The quantitative estimate of drug-likeness (QED) is 0.912. The van der Waals surface area contributed by atoms with Gasteiger partial charge in [0.05, 0.1) is 11.3 Å². The van der Waals surface area contributed by atoms with Gasteiger partial charge in [-0.1, -0.05) is 12.1 Å². The number of nitrogens with zero attached hydrogens (tertiary/aromatic N) is 3. The predicted octanol–water partition coefficient (Wildman–Crippen LogP) is 2.04. The number of fused-ring (bicyclic) bond motifs is 1. The molecule has 108 valence electrons. The molecule has 0 fully saturated rings. The van der Waals surface area contributed by atoms with Crippen molar-refractivity contribution in [2.75, 3.05) is 24.7 Å². The summed E-state index contributed by atoms with van der Waals surface area (Å²) in [5.41, 5.74) is 9.32. The van der Waals surface area contributed by atoms with Crippen LogP contribution in [0, 0.1) is 0 Å². The number of ketones is 1. The SMILES string of the molecule is CN(C)c1ccc(C2CC(=O)c3cnc(N)nc3C2)cc1. The fourth-order valence-electron chi connectivity index (χ4n) is 2.74. The monoisotopic (exact) mass is 282 g/mol. The van der Waals surface area contributed by atoms with E-state index in [1.54, 1.807) is 6.20 Å². The van der Waals surface area contributed by atoms with Crippen LogP contribution in [-0.2, 0) is 6.42 Å². The van der Waals surface area contributed by atoms with Crippen molar-refractivity contribution in [1.29, 1.82) is 0 Å². The lowest BCUT2D eigenvalue weighted by Crippen LogP contribution is -2.21. The highest BCUT2D eigenvalue weighted by molar-refractivity contribution is 5.98. The first-order valence-corrected chi connectivity index (χ1v) is 6.96. The van der Waals surface area contributed by atoms with E-state index >= 15 is 0 Å². The Morgan fingerprint density at radius 3 is 2.57 bits per heavy atom. The molecule has 2 aromatic rings. The molecular weight excluding hydrogens is 264 g/mol. The third-order valence-electron chi connectivity index (χ3n) is 3.94. The van der Waals surface area contributed by atoms with E-state index < -0.39 is 0 Å². The average Bonchev–Trinajstić information content (AvgIpc) is 2.46. The molecule has 2 N–H and O–H groups in total. The molecule has 1 heterocycles. The van der Waals surface area contributed by atoms with Crippen molar-refractivity contribution in [3.8, 4) is 0 Å². The summed E-state index contributed by atoms with van der Waals surface area (Å²) in [5.74, 6) is 0.485. The third kappa shape index (κ3) is 2.59. The van der Waals surface area contributed by atoms with Crippen molar-refractivity contribution < 1.29 is 4.79 Å². The lowest BCUT2D eigenvalue weighted by atomic mass is 9.82. The Hall–Kier alpha value is -2.43. The van der Waals surface area contributed by atoms with Crippen molar-refractivity contribution in [3.63, 3.8) is 0 Å². The van der Waals surface area contributed by atoms with Crippen molar-refractivity contribution in [2.45, 2.75) is 18.8 Å². The van der Waals surface area contributed by atoms with Crippen molar-refractivity contribution in [3.05, 3.63) is 47.3 Å². The van der Waals surface area contributed by atoms with Crippen LogP contribution in [0.5, 0.6) is 0 Å². The number of aromatic nitrogens is 2. The summed E-state index contributed by atoms with van der Waals surface area (Å²) >= 11 is 0. The van der Waals surface area contributed by atoms with Gasteiger partial charge in [0.15, 0.2) is 5.78 Å². The minimum absolute atomic E-state index is 0.0953. The lowest BCUT2D eigenvalue weighted by molar-refractivity contribution is 0.0963. The van der Waals surface area contributed by atoms with Gasteiger partial charge in [-0.05, 0) is 30.0 Å². The van der Waals surface area contributed by atoms with E-state index in [1.165, 1.54) is 0 Å². The summed E-state index contributed by atoms with van der Waals surface area (Å²) in [6.07, 6.45) is 2.78. The minimum Gasteiger partial charge on any atom is -0.378 e. The molecule has 3 rings (SSSR count). The molecule has 5 nitrogen and oxygen atoms in total. The van der Waals surface area contributed by atoms with Crippen molar-refractivity contribution in [1.82, 2.24) is 9.97 Å². The molecule has 1 aromatic carbocycles. The van der Waals surface area contributed by atoms with Crippen LogP contribution in [-0.4, -0.2) is 29.8 Å². The Morgan fingerprint density at radius 1 is 1.19 bits per heavy atom. The van der Waals surface area contributed by atoms with E-state index in [2.05, 4.69) is 39.1 Å². The van der Waals surface area contributed by atoms with Gasteiger partial charge in [-0.25, -0.2) is 9.97 Å². The summed E-state index contributed by atoms with van der Waals surface area (Å²) in [6.45, 7) is 0. The number of hydrogen-bond acceptors (Lipinski definition) is 5. The molecule has 5 heteroatoms. The molecule has 0 aliphatic heterocycles. The van der Waals surface area contributed by atoms with Gasteiger partial charge in [0.2, 0.25) is 5.95 Å². The van der Waals surface area contributed by atoms with E-state index in [0.29, 0.717) is 12.0 Å². The van der Waals surface area contributed by atoms with E-state index in [4.69, 9.17) is 5.73 Å². The van der Waals surface area contributed by atoms with Crippen LogP contribution in [0.4, 0.5) is 11.6 Å². The summed E-state index contributed by atoms with van der Waals surface area (Å²) in [4.78, 5) is 22.4. The molecule has 1 aliphatic rings. The first kappa shape index (κ1) is 13.5. The maximum absolute atomic E-state index is 12.2.